The molecule has 3 heterocycles. The molecule has 1 aromatic rings. The summed E-state index contributed by atoms with van der Waals surface area (Å²) in [5.74, 6) is 0.111. The van der Waals surface area contributed by atoms with Gasteiger partial charge in [0, 0.05) is 31.6 Å². The molecule has 4 rings (SSSR count). The van der Waals surface area contributed by atoms with Gasteiger partial charge in [-0.25, -0.2) is 0 Å². The number of nitrogens with zero attached hydrogens (tertiary/aromatic N) is 2. The van der Waals surface area contributed by atoms with Crippen molar-refractivity contribution in [3.05, 3.63) is 35.4 Å². The Morgan fingerprint density at radius 3 is 2.27 bits per heavy atom. The van der Waals surface area contributed by atoms with E-state index in [-0.39, 0.29) is 18.0 Å². The summed E-state index contributed by atoms with van der Waals surface area (Å²) in [5, 5.41) is 17.3. The van der Waals surface area contributed by atoms with Gasteiger partial charge in [0.1, 0.15) is 0 Å². The highest BCUT2D eigenvalue weighted by molar-refractivity contribution is 5.94. The summed E-state index contributed by atoms with van der Waals surface area (Å²) in [6.07, 6.45) is 5.58. The minimum absolute atomic E-state index is 0.111. The van der Waals surface area contributed by atoms with Gasteiger partial charge in [0.2, 0.25) is 0 Å². The van der Waals surface area contributed by atoms with Gasteiger partial charge in [0.05, 0.1) is 17.8 Å². The number of rotatable bonds is 3. The number of amides is 1. The van der Waals surface area contributed by atoms with E-state index in [1.807, 2.05) is 24.0 Å². The summed E-state index contributed by atoms with van der Waals surface area (Å²) in [6, 6.07) is 8.14. The van der Waals surface area contributed by atoms with E-state index >= 15 is 0 Å². The standard InChI is InChI=1S/C22H32N2O3.CH2O2/c1-21(26)10-15-27-22(17-21)8-13-24(14-9-22)20(25)19-6-4-18(5-7-19)16-23-11-2-3-12-23;2-1-3/h4-7,26H,2-3,8-17H2,1H3;1H,(H,2,3). The van der Waals surface area contributed by atoms with E-state index in [4.69, 9.17) is 14.6 Å². The second kappa shape index (κ2) is 9.90. The Morgan fingerprint density at radius 2 is 1.70 bits per heavy atom. The molecule has 2 N–H and O–H groups in total. The van der Waals surface area contributed by atoms with E-state index in [1.54, 1.807) is 0 Å². The molecule has 0 bridgehead atoms. The Balaban J connectivity index is 0.000000806. The topological polar surface area (TPSA) is 90.3 Å². The highest BCUT2D eigenvalue weighted by Crippen LogP contribution is 2.39. The van der Waals surface area contributed by atoms with Gasteiger partial charge in [-0.1, -0.05) is 12.1 Å². The molecule has 7 heteroatoms. The van der Waals surface area contributed by atoms with Crippen molar-refractivity contribution in [2.45, 2.75) is 63.2 Å². The van der Waals surface area contributed by atoms with E-state index in [1.165, 1.54) is 31.5 Å². The van der Waals surface area contributed by atoms with Crippen LogP contribution >= 0.6 is 0 Å². The summed E-state index contributed by atoms with van der Waals surface area (Å²) in [7, 11) is 0. The Morgan fingerprint density at radius 1 is 1.10 bits per heavy atom. The number of likely N-dealkylation sites (tertiary alicyclic amines) is 2. The monoisotopic (exact) mass is 418 g/mol. The first-order valence-corrected chi connectivity index (χ1v) is 10.9. The molecule has 7 nitrogen and oxygen atoms in total. The number of carboxylic acid groups (broad SMARTS) is 1. The number of hydrogen-bond acceptors (Lipinski definition) is 5. The maximum Gasteiger partial charge on any atom is 0.290 e. The lowest BCUT2D eigenvalue weighted by Crippen LogP contribution is -2.54. The molecular formula is C23H34N2O5. The molecule has 1 amide bonds. The van der Waals surface area contributed by atoms with Crippen LogP contribution in [0.4, 0.5) is 0 Å². The van der Waals surface area contributed by atoms with Crippen molar-refractivity contribution in [1.29, 1.82) is 0 Å². The minimum atomic E-state index is -0.643. The molecule has 1 unspecified atom stereocenters. The highest BCUT2D eigenvalue weighted by Gasteiger charge is 2.44. The van der Waals surface area contributed by atoms with Gasteiger partial charge in [0.15, 0.2) is 0 Å². The zero-order valence-corrected chi connectivity index (χ0v) is 17.9. The molecule has 3 aliphatic heterocycles. The summed E-state index contributed by atoms with van der Waals surface area (Å²) < 4.78 is 6.05. The first-order valence-electron chi connectivity index (χ1n) is 10.9. The highest BCUT2D eigenvalue weighted by atomic mass is 16.5. The zero-order valence-electron chi connectivity index (χ0n) is 17.9. The van der Waals surface area contributed by atoms with Crippen molar-refractivity contribution in [3.63, 3.8) is 0 Å². The van der Waals surface area contributed by atoms with Crippen LogP contribution in [0, 0.1) is 0 Å². The Bertz CT molecular complexity index is 705. The van der Waals surface area contributed by atoms with Gasteiger partial charge in [-0.2, -0.15) is 0 Å². The molecule has 1 aromatic carbocycles. The zero-order chi connectivity index (χ0) is 21.6. The van der Waals surface area contributed by atoms with Gasteiger partial charge in [0.25, 0.3) is 12.4 Å². The number of carbonyl (C=O) groups is 2. The molecule has 1 spiro atoms. The van der Waals surface area contributed by atoms with Crippen LogP contribution in [0.2, 0.25) is 0 Å². The Kier molecular flexibility index (Phi) is 7.50. The quantitative estimate of drug-likeness (QED) is 0.733. The van der Waals surface area contributed by atoms with E-state index < -0.39 is 5.60 Å². The fraction of sp³-hybridized carbons (Fsp3) is 0.652. The molecular weight excluding hydrogens is 384 g/mol. The number of aliphatic hydroxyl groups is 1. The number of benzene rings is 1. The van der Waals surface area contributed by atoms with Crippen LogP contribution in [-0.4, -0.2) is 76.4 Å². The van der Waals surface area contributed by atoms with Crippen molar-refractivity contribution in [1.82, 2.24) is 9.80 Å². The lowest BCUT2D eigenvalue weighted by Gasteiger charge is -2.48. The van der Waals surface area contributed by atoms with Gasteiger partial charge in [-0.05, 0) is 69.8 Å². The van der Waals surface area contributed by atoms with E-state index in [2.05, 4.69) is 17.0 Å². The molecule has 3 saturated heterocycles. The third-order valence-electron chi connectivity index (χ3n) is 6.52. The van der Waals surface area contributed by atoms with Crippen molar-refractivity contribution < 1.29 is 24.5 Å². The molecule has 3 aliphatic rings. The summed E-state index contributed by atoms with van der Waals surface area (Å²) in [5.41, 5.74) is 1.16. The minimum Gasteiger partial charge on any atom is -0.483 e. The van der Waals surface area contributed by atoms with E-state index in [0.717, 1.165) is 24.9 Å². The van der Waals surface area contributed by atoms with Crippen molar-refractivity contribution in [3.8, 4) is 0 Å². The first kappa shape index (κ1) is 22.7. The van der Waals surface area contributed by atoms with Crippen LogP contribution in [0.5, 0.6) is 0 Å². The summed E-state index contributed by atoms with van der Waals surface area (Å²) >= 11 is 0. The van der Waals surface area contributed by atoms with Gasteiger partial charge in [-0.15, -0.1) is 0 Å². The van der Waals surface area contributed by atoms with Gasteiger partial charge >= 0.3 is 0 Å². The van der Waals surface area contributed by atoms with Crippen molar-refractivity contribution >= 4 is 12.4 Å². The normalized spacial score (nSPS) is 26.1. The van der Waals surface area contributed by atoms with Crippen LogP contribution in [-0.2, 0) is 16.1 Å². The van der Waals surface area contributed by atoms with Crippen LogP contribution < -0.4 is 0 Å². The number of hydrogen-bond donors (Lipinski definition) is 2. The largest absolute Gasteiger partial charge is 0.483 e. The van der Waals surface area contributed by atoms with Gasteiger partial charge in [-0.3, -0.25) is 14.5 Å². The Labute approximate surface area is 178 Å². The average Bonchev–Trinajstić information content (AvgIpc) is 3.21. The van der Waals surface area contributed by atoms with Gasteiger partial charge < -0.3 is 19.8 Å². The van der Waals surface area contributed by atoms with Crippen molar-refractivity contribution in [2.75, 3.05) is 32.8 Å². The third-order valence-corrected chi connectivity index (χ3v) is 6.52. The first-order chi connectivity index (χ1) is 14.4. The molecule has 30 heavy (non-hydrogen) atoms. The molecule has 0 radical (unpaired) electrons. The predicted molar refractivity (Wildman–Crippen MR) is 113 cm³/mol. The molecule has 0 aromatic heterocycles. The fourth-order valence-corrected chi connectivity index (χ4v) is 4.89. The van der Waals surface area contributed by atoms with Crippen LogP contribution in [0.3, 0.4) is 0 Å². The smallest absolute Gasteiger partial charge is 0.290 e. The van der Waals surface area contributed by atoms with Crippen molar-refractivity contribution in [2.24, 2.45) is 0 Å². The lowest BCUT2D eigenvalue weighted by molar-refractivity contribution is -0.170. The second-order valence-electron chi connectivity index (χ2n) is 9.03. The molecule has 0 aliphatic carbocycles. The third kappa shape index (κ3) is 5.80. The molecule has 0 saturated carbocycles. The fourth-order valence-electron chi connectivity index (χ4n) is 4.89. The van der Waals surface area contributed by atoms with Crippen LogP contribution in [0.1, 0.15) is 61.4 Å². The van der Waals surface area contributed by atoms with E-state index in [9.17, 15) is 9.90 Å². The maximum atomic E-state index is 12.9. The average molecular weight is 419 g/mol. The predicted octanol–water partition coefficient (Wildman–Crippen LogP) is 2.52. The SMILES string of the molecule is CC1(O)CCOC2(CCN(C(=O)c3ccc(CN4CCCC4)cc3)CC2)C1.O=CO. The van der Waals surface area contributed by atoms with Crippen LogP contribution in [0.15, 0.2) is 24.3 Å². The molecule has 166 valence electrons. The number of piperidine rings is 1. The summed E-state index contributed by atoms with van der Waals surface area (Å²) in [6.45, 7) is 7.01. The molecule has 1 atom stereocenters. The Hall–Kier alpha value is -1.96. The lowest BCUT2D eigenvalue weighted by atomic mass is 9.78. The second-order valence-corrected chi connectivity index (χ2v) is 9.03. The number of carbonyl (C=O) groups excluding carboxylic acids is 1. The van der Waals surface area contributed by atoms with E-state index in [0.29, 0.717) is 32.5 Å². The summed E-state index contributed by atoms with van der Waals surface area (Å²) in [4.78, 5) is 25.7. The maximum absolute atomic E-state index is 12.9. The molecule has 3 fully saturated rings. The number of ether oxygens (including phenoxy) is 1. The van der Waals surface area contributed by atoms with Crippen LogP contribution in [0.25, 0.3) is 0 Å².